The quantitative estimate of drug-likeness (QED) is 0.653. The topological polar surface area (TPSA) is 47.6 Å². The number of hydrogen-bond donors (Lipinski definition) is 2. The first kappa shape index (κ1) is 19.2. The molecule has 4 nitrogen and oxygen atoms in total. The molecular weight excluding hydrogens is 312 g/mol. The molecule has 0 amide bonds. The van der Waals surface area contributed by atoms with Gasteiger partial charge in [-0.25, -0.2) is 4.57 Å². The molecule has 0 bridgehead atoms. The van der Waals surface area contributed by atoms with Crippen LogP contribution in [-0.4, -0.2) is 36.5 Å². The van der Waals surface area contributed by atoms with E-state index in [4.69, 9.17) is 10.2 Å². The van der Waals surface area contributed by atoms with Crippen LogP contribution in [0.15, 0.2) is 48.8 Å². The van der Waals surface area contributed by atoms with Crippen LogP contribution in [0.5, 0.6) is 0 Å². The Kier molecular flexibility index (Phi) is 8.16. The molecule has 0 aliphatic rings. The van der Waals surface area contributed by atoms with Crippen molar-refractivity contribution in [2.45, 2.75) is 26.3 Å². The van der Waals surface area contributed by atoms with E-state index in [-0.39, 0.29) is 13.2 Å². The summed E-state index contributed by atoms with van der Waals surface area (Å²) in [6.45, 7) is 4.48. The summed E-state index contributed by atoms with van der Waals surface area (Å²) in [4.78, 5) is 1.97. The Morgan fingerprint density at radius 2 is 1.44 bits per heavy atom. The molecule has 2 rings (SSSR count). The van der Waals surface area contributed by atoms with E-state index < -0.39 is 0 Å². The molecule has 2 aromatic rings. The number of anilines is 1. The molecule has 0 atom stereocenters. The molecule has 0 unspecified atom stereocenters. The van der Waals surface area contributed by atoms with Gasteiger partial charge in [0.25, 0.3) is 0 Å². The Morgan fingerprint density at radius 1 is 0.880 bits per heavy atom. The van der Waals surface area contributed by atoms with E-state index in [0.717, 1.165) is 17.8 Å². The second kappa shape index (κ2) is 10.6. The highest BCUT2D eigenvalue weighted by Gasteiger charge is 2.04. The molecule has 0 aliphatic heterocycles. The standard InChI is InChI=1S/C21H29N2O2/c1-2-3-12-22-13-10-20(11-14-22)5-4-19-6-8-21(9-7-19)23(15-17-24)16-18-25/h4-11,13-14,24-25H,2-3,12,15-18H2,1H3/q+1. The number of pyridine rings is 1. The van der Waals surface area contributed by atoms with Crippen molar-refractivity contribution in [2.75, 3.05) is 31.2 Å². The van der Waals surface area contributed by atoms with Crippen molar-refractivity contribution in [1.82, 2.24) is 0 Å². The number of benzene rings is 1. The van der Waals surface area contributed by atoms with Crippen LogP contribution >= 0.6 is 0 Å². The third-order valence-electron chi connectivity index (χ3n) is 4.15. The highest BCUT2D eigenvalue weighted by Crippen LogP contribution is 2.16. The van der Waals surface area contributed by atoms with E-state index in [1.807, 2.05) is 17.0 Å². The number of aliphatic hydroxyl groups excluding tert-OH is 2. The first-order chi connectivity index (χ1) is 12.3. The second-order valence-electron chi connectivity index (χ2n) is 6.08. The van der Waals surface area contributed by atoms with Gasteiger partial charge in [0.2, 0.25) is 0 Å². The Bertz CT molecular complexity index is 630. The molecule has 25 heavy (non-hydrogen) atoms. The van der Waals surface area contributed by atoms with Crippen LogP contribution in [0.2, 0.25) is 0 Å². The number of hydrogen-bond acceptors (Lipinski definition) is 3. The Labute approximate surface area is 150 Å². The lowest BCUT2D eigenvalue weighted by Gasteiger charge is -2.22. The fourth-order valence-corrected chi connectivity index (χ4v) is 2.67. The summed E-state index contributed by atoms with van der Waals surface area (Å²) in [5, 5.41) is 18.2. The predicted molar refractivity (Wildman–Crippen MR) is 103 cm³/mol. The van der Waals surface area contributed by atoms with Crippen LogP contribution in [0.4, 0.5) is 5.69 Å². The molecule has 0 aliphatic carbocycles. The fraction of sp³-hybridized carbons (Fsp3) is 0.381. The maximum atomic E-state index is 9.12. The minimum absolute atomic E-state index is 0.0773. The summed E-state index contributed by atoms with van der Waals surface area (Å²) < 4.78 is 2.21. The molecule has 1 heterocycles. The fourth-order valence-electron chi connectivity index (χ4n) is 2.67. The lowest BCUT2D eigenvalue weighted by atomic mass is 10.1. The smallest absolute Gasteiger partial charge is 0.169 e. The van der Waals surface area contributed by atoms with Crippen LogP contribution < -0.4 is 9.47 Å². The predicted octanol–water partition coefficient (Wildman–Crippen LogP) is 2.74. The molecule has 4 heteroatoms. The molecular formula is C21H29N2O2+. The number of aryl methyl sites for hydroxylation is 1. The van der Waals surface area contributed by atoms with Crippen LogP contribution in [0.1, 0.15) is 30.9 Å². The number of nitrogens with zero attached hydrogens (tertiary/aromatic N) is 2. The van der Waals surface area contributed by atoms with Gasteiger partial charge in [0.05, 0.1) is 13.2 Å². The summed E-state index contributed by atoms with van der Waals surface area (Å²) in [6.07, 6.45) is 10.9. The van der Waals surface area contributed by atoms with E-state index in [2.05, 4.69) is 60.3 Å². The minimum atomic E-state index is 0.0773. The SMILES string of the molecule is CCCC[n+]1ccc(/C=C/c2ccc(N(CCO)CCO)cc2)cc1. The average molecular weight is 341 g/mol. The molecule has 2 N–H and O–H groups in total. The van der Waals surface area contributed by atoms with Gasteiger partial charge in [0.1, 0.15) is 6.54 Å². The first-order valence-electron chi connectivity index (χ1n) is 9.00. The summed E-state index contributed by atoms with van der Waals surface area (Å²) in [7, 11) is 0. The summed E-state index contributed by atoms with van der Waals surface area (Å²) in [5.74, 6) is 0. The van der Waals surface area contributed by atoms with E-state index in [1.54, 1.807) is 0 Å². The minimum Gasteiger partial charge on any atom is -0.395 e. The summed E-state index contributed by atoms with van der Waals surface area (Å²) in [5.41, 5.74) is 3.32. The van der Waals surface area contributed by atoms with E-state index in [1.165, 1.54) is 18.4 Å². The Hall–Kier alpha value is -2.17. The Morgan fingerprint density at radius 3 is 1.96 bits per heavy atom. The van der Waals surface area contributed by atoms with Crippen molar-refractivity contribution >= 4 is 17.8 Å². The molecule has 0 saturated carbocycles. The van der Waals surface area contributed by atoms with Gasteiger partial charge < -0.3 is 15.1 Å². The van der Waals surface area contributed by atoms with Crippen LogP contribution in [-0.2, 0) is 6.54 Å². The maximum Gasteiger partial charge on any atom is 0.169 e. The molecule has 0 fully saturated rings. The largest absolute Gasteiger partial charge is 0.395 e. The highest BCUT2D eigenvalue weighted by molar-refractivity contribution is 5.70. The van der Waals surface area contributed by atoms with Crippen molar-refractivity contribution in [3.05, 3.63) is 59.9 Å². The second-order valence-corrected chi connectivity index (χ2v) is 6.08. The van der Waals surface area contributed by atoms with Gasteiger partial charge in [-0.2, -0.15) is 0 Å². The van der Waals surface area contributed by atoms with Crippen molar-refractivity contribution in [3.8, 4) is 0 Å². The van der Waals surface area contributed by atoms with Gasteiger partial charge in [-0.3, -0.25) is 0 Å². The normalized spacial score (nSPS) is 11.2. The number of rotatable bonds is 10. The van der Waals surface area contributed by atoms with Gasteiger partial charge in [-0.05, 0) is 23.3 Å². The maximum absolute atomic E-state index is 9.12. The summed E-state index contributed by atoms with van der Waals surface area (Å²) >= 11 is 0. The first-order valence-corrected chi connectivity index (χ1v) is 9.00. The molecule has 1 aromatic carbocycles. The molecule has 1 aromatic heterocycles. The zero-order valence-electron chi connectivity index (χ0n) is 15.0. The molecule has 0 spiro atoms. The number of unbranched alkanes of at least 4 members (excludes halogenated alkanes) is 1. The number of aromatic nitrogens is 1. The van der Waals surface area contributed by atoms with Crippen LogP contribution in [0, 0.1) is 0 Å². The van der Waals surface area contributed by atoms with Crippen molar-refractivity contribution < 1.29 is 14.8 Å². The van der Waals surface area contributed by atoms with Gasteiger partial charge in [-0.1, -0.05) is 37.6 Å². The van der Waals surface area contributed by atoms with Gasteiger partial charge >= 0.3 is 0 Å². The van der Waals surface area contributed by atoms with E-state index in [9.17, 15) is 0 Å². The van der Waals surface area contributed by atoms with Crippen LogP contribution in [0.3, 0.4) is 0 Å². The van der Waals surface area contributed by atoms with Crippen molar-refractivity contribution in [3.63, 3.8) is 0 Å². The molecule has 0 saturated heterocycles. The third-order valence-corrected chi connectivity index (χ3v) is 4.15. The highest BCUT2D eigenvalue weighted by atomic mass is 16.3. The monoisotopic (exact) mass is 341 g/mol. The van der Waals surface area contributed by atoms with Crippen molar-refractivity contribution in [1.29, 1.82) is 0 Å². The lowest BCUT2D eigenvalue weighted by molar-refractivity contribution is -0.697. The van der Waals surface area contributed by atoms with Gasteiger partial charge in [0.15, 0.2) is 12.4 Å². The van der Waals surface area contributed by atoms with Crippen molar-refractivity contribution in [2.24, 2.45) is 0 Å². The number of aliphatic hydroxyl groups is 2. The third kappa shape index (κ3) is 6.33. The van der Waals surface area contributed by atoms with E-state index in [0.29, 0.717) is 13.1 Å². The Balaban J connectivity index is 1.98. The molecule has 0 radical (unpaired) electrons. The molecule has 134 valence electrons. The van der Waals surface area contributed by atoms with Gasteiger partial charge in [-0.15, -0.1) is 0 Å². The average Bonchev–Trinajstić information content (AvgIpc) is 2.66. The van der Waals surface area contributed by atoms with E-state index >= 15 is 0 Å². The lowest BCUT2D eigenvalue weighted by Crippen LogP contribution is -2.32. The van der Waals surface area contributed by atoms with Crippen LogP contribution in [0.25, 0.3) is 12.2 Å². The zero-order valence-corrected chi connectivity index (χ0v) is 15.0. The van der Waals surface area contributed by atoms with Gasteiger partial charge in [0, 0.05) is 37.3 Å². The zero-order chi connectivity index (χ0) is 17.9. The summed E-state index contributed by atoms with van der Waals surface area (Å²) in [6, 6.07) is 12.4.